The molecule has 3 fully saturated rings. The zero-order valence-corrected chi connectivity index (χ0v) is 22.3. The van der Waals surface area contributed by atoms with Crippen LogP contribution in [0.15, 0.2) is 36.6 Å². The Bertz CT molecular complexity index is 846. The van der Waals surface area contributed by atoms with Crippen LogP contribution >= 0.6 is 0 Å². The highest BCUT2D eigenvalue weighted by molar-refractivity contribution is 5.29. The lowest BCUT2D eigenvalue weighted by Gasteiger charge is -2.49. The third-order valence-electron chi connectivity index (χ3n) is 9.59. The second-order valence-electron chi connectivity index (χ2n) is 12.8. The Morgan fingerprint density at radius 2 is 1.61 bits per heavy atom. The molecule has 0 aliphatic heterocycles. The van der Waals surface area contributed by atoms with Crippen LogP contribution in [0.2, 0.25) is 0 Å². The van der Waals surface area contributed by atoms with Crippen molar-refractivity contribution in [1.82, 2.24) is 4.90 Å². The van der Waals surface area contributed by atoms with E-state index < -0.39 is 11.7 Å². The van der Waals surface area contributed by atoms with Gasteiger partial charge in [-0.05, 0) is 98.8 Å². The second kappa shape index (κ2) is 11.5. The Hall–Kier alpha value is -1.49. The average molecular weight is 506 g/mol. The van der Waals surface area contributed by atoms with Crippen LogP contribution in [-0.4, -0.2) is 28.6 Å². The van der Waals surface area contributed by atoms with E-state index in [0.29, 0.717) is 29.8 Å². The molecule has 3 atom stereocenters. The first-order valence-corrected chi connectivity index (χ1v) is 14.3. The van der Waals surface area contributed by atoms with E-state index in [1.165, 1.54) is 69.9 Å². The Balaban J connectivity index is 1.59. The molecular weight excluding hydrogens is 459 g/mol. The summed E-state index contributed by atoms with van der Waals surface area (Å²) in [4.78, 5) is 2.81. The zero-order valence-electron chi connectivity index (χ0n) is 22.3. The van der Waals surface area contributed by atoms with Gasteiger partial charge in [0.2, 0.25) is 0 Å². The molecule has 0 unspecified atom stereocenters. The smallest absolute Gasteiger partial charge is 0.416 e. The Morgan fingerprint density at radius 3 is 2.19 bits per heavy atom. The van der Waals surface area contributed by atoms with Crippen LogP contribution in [0.3, 0.4) is 0 Å². The van der Waals surface area contributed by atoms with Gasteiger partial charge >= 0.3 is 6.18 Å². The summed E-state index contributed by atoms with van der Waals surface area (Å²) >= 11 is 0. The number of rotatable bonds is 8. The monoisotopic (exact) mass is 505 g/mol. The van der Waals surface area contributed by atoms with E-state index in [2.05, 4.69) is 25.3 Å². The van der Waals surface area contributed by atoms with Crippen molar-refractivity contribution in [2.75, 3.05) is 6.54 Å². The lowest BCUT2D eigenvalue weighted by Crippen LogP contribution is -2.50. The number of halogens is 3. The van der Waals surface area contributed by atoms with Crippen LogP contribution in [0.1, 0.15) is 114 Å². The van der Waals surface area contributed by atoms with Crippen molar-refractivity contribution in [3.63, 3.8) is 0 Å². The van der Waals surface area contributed by atoms with Crippen LogP contribution < -0.4 is 0 Å². The number of hydrogen-bond donors (Lipinski definition) is 1. The number of allylic oxidation sites excluding steroid dienone is 1. The summed E-state index contributed by atoms with van der Waals surface area (Å²) in [6.45, 7) is 9.58. The zero-order chi connectivity index (χ0) is 25.9. The molecular formula is C31H46F3NO. The minimum atomic E-state index is -4.32. The van der Waals surface area contributed by atoms with Crippen molar-refractivity contribution in [2.45, 2.75) is 121 Å². The molecule has 5 heteroatoms. The maximum absolute atomic E-state index is 13.3. The molecule has 0 radical (unpaired) electrons. The molecule has 0 spiro atoms. The summed E-state index contributed by atoms with van der Waals surface area (Å²) in [5.74, 6) is 1.56. The average Bonchev–Trinajstić information content (AvgIpc) is 3.33. The van der Waals surface area contributed by atoms with Crippen LogP contribution in [0.25, 0.3) is 0 Å². The van der Waals surface area contributed by atoms with Crippen LogP contribution in [-0.2, 0) is 6.18 Å². The molecule has 0 bridgehead atoms. The highest BCUT2D eigenvalue weighted by Crippen LogP contribution is 2.45. The summed E-state index contributed by atoms with van der Waals surface area (Å²) in [6, 6.07) is 6.86. The Kier molecular flexibility index (Phi) is 8.79. The molecule has 3 saturated carbocycles. The highest BCUT2D eigenvalue weighted by Gasteiger charge is 2.40. The van der Waals surface area contributed by atoms with E-state index in [1.54, 1.807) is 12.1 Å². The van der Waals surface area contributed by atoms with Gasteiger partial charge in [-0.3, -0.25) is 4.90 Å². The van der Waals surface area contributed by atoms with E-state index in [9.17, 15) is 18.3 Å². The largest absolute Gasteiger partial charge is 0.513 e. The summed E-state index contributed by atoms with van der Waals surface area (Å²) in [5, 5.41) is 9.89. The SMILES string of the molecule is C=C(O)C[C@@H]1CC[C@@H](N(CCC2CCCC2)C2CCC(C)(C)CC2)[C@H](c2ccc(C(F)(F)F)cc2)C1. The maximum Gasteiger partial charge on any atom is 0.416 e. The molecule has 36 heavy (non-hydrogen) atoms. The third kappa shape index (κ3) is 7.08. The van der Waals surface area contributed by atoms with E-state index >= 15 is 0 Å². The fourth-order valence-electron chi connectivity index (χ4n) is 7.40. The first kappa shape index (κ1) is 27.5. The van der Waals surface area contributed by atoms with E-state index in [4.69, 9.17) is 0 Å². The van der Waals surface area contributed by atoms with Gasteiger partial charge in [-0.2, -0.15) is 13.2 Å². The van der Waals surface area contributed by atoms with Crippen molar-refractivity contribution >= 4 is 0 Å². The first-order chi connectivity index (χ1) is 17.0. The Morgan fingerprint density at radius 1 is 0.972 bits per heavy atom. The van der Waals surface area contributed by atoms with Crippen molar-refractivity contribution in [1.29, 1.82) is 0 Å². The molecule has 202 valence electrons. The standard InChI is InChI=1S/C31H46F3NO/c1-22(36)20-24-8-13-29(28(21-24)25-9-11-26(12-10-25)31(32,33)34)35(19-16-23-6-4-5-7-23)27-14-17-30(2,3)18-15-27/h9-12,23-24,27-29,36H,1,4-8,13-21H2,2-3H3/t24-,28-,29+/m0/s1. The van der Waals surface area contributed by atoms with Crippen LogP contribution in [0.4, 0.5) is 13.2 Å². The van der Waals surface area contributed by atoms with Gasteiger partial charge in [-0.25, -0.2) is 0 Å². The molecule has 0 aromatic heterocycles. The number of nitrogens with zero attached hydrogens (tertiary/aromatic N) is 1. The molecule has 0 saturated heterocycles. The van der Waals surface area contributed by atoms with E-state index in [-0.39, 0.29) is 11.7 Å². The summed E-state index contributed by atoms with van der Waals surface area (Å²) in [5.41, 5.74) is 0.842. The lowest BCUT2D eigenvalue weighted by atomic mass is 9.70. The van der Waals surface area contributed by atoms with Crippen molar-refractivity contribution in [3.05, 3.63) is 47.7 Å². The van der Waals surface area contributed by atoms with Gasteiger partial charge in [0.15, 0.2) is 0 Å². The van der Waals surface area contributed by atoms with Crippen LogP contribution in [0, 0.1) is 17.3 Å². The maximum atomic E-state index is 13.3. The van der Waals surface area contributed by atoms with Crippen molar-refractivity contribution in [2.24, 2.45) is 17.3 Å². The van der Waals surface area contributed by atoms with E-state index in [1.807, 2.05) is 0 Å². The molecule has 0 heterocycles. The van der Waals surface area contributed by atoms with Gasteiger partial charge in [0, 0.05) is 18.5 Å². The third-order valence-corrected chi connectivity index (χ3v) is 9.59. The minimum absolute atomic E-state index is 0.184. The molecule has 1 N–H and O–H groups in total. The van der Waals surface area contributed by atoms with Gasteiger partial charge in [0.25, 0.3) is 0 Å². The fraction of sp³-hybridized carbons (Fsp3) is 0.742. The molecule has 3 aliphatic carbocycles. The molecule has 3 aliphatic rings. The molecule has 1 aromatic rings. The molecule has 1 aromatic carbocycles. The van der Waals surface area contributed by atoms with Gasteiger partial charge in [-0.1, -0.05) is 58.2 Å². The summed E-state index contributed by atoms with van der Waals surface area (Å²) in [6.07, 6.45) is 10.8. The van der Waals surface area contributed by atoms with Crippen LogP contribution in [0.5, 0.6) is 0 Å². The molecule has 0 amide bonds. The second-order valence-corrected chi connectivity index (χ2v) is 12.8. The van der Waals surface area contributed by atoms with Gasteiger partial charge in [0.05, 0.1) is 11.3 Å². The minimum Gasteiger partial charge on any atom is -0.513 e. The normalized spacial score (nSPS) is 28.0. The van der Waals surface area contributed by atoms with Gasteiger partial charge in [-0.15, -0.1) is 0 Å². The fourth-order valence-corrected chi connectivity index (χ4v) is 7.40. The predicted octanol–water partition coefficient (Wildman–Crippen LogP) is 9.27. The van der Waals surface area contributed by atoms with Gasteiger partial charge < -0.3 is 5.11 Å². The topological polar surface area (TPSA) is 23.5 Å². The van der Waals surface area contributed by atoms with Crippen molar-refractivity contribution < 1.29 is 18.3 Å². The number of benzene rings is 1. The first-order valence-electron chi connectivity index (χ1n) is 14.3. The quantitative estimate of drug-likeness (QED) is 0.356. The number of alkyl halides is 3. The number of aliphatic hydroxyl groups excluding tert-OH is 1. The highest BCUT2D eigenvalue weighted by atomic mass is 19.4. The van der Waals surface area contributed by atoms with Gasteiger partial charge in [0.1, 0.15) is 0 Å². The predicted molar refractivity (Wildman–Crippen MR) is 141 cm³/mol. The lowest BCUT2D eigenvalue weighted by molar-refractivity contribution is -0.137. The Labute approximate surface area is 216 Å². The number of hydrogen-bond acceptors (Lipinski definition) is 2. The molecule has 4 rings (SSSR count). The van der Waals surface area contributed by atoms with Crippen molar-refractivity contribution in [3.8, 4) is 0 Å². The summed E-state index contributed by atoms with van der Waals surface area (Å²) in [7, 11) is 0. The summed E-state index contributed by atoms with van der Waals surface area (Å²) < 4.78 is 39.8. The van der Waals surface area contributed by atoms with E-state index in [0.717, 1.165) is 37.3 Å². The molecule has 2 nitrogen and oxygen atoms in total. The number of aliphatic hydroxyl groups is 1.